The second-order valence-electron chi connectivity index (χ2n) is 17.4. The summed E-state index contributed by atoms with van der Waals surface area (Å²) in [4.78, 5) is 38.0. The molecule has 0 bridgehead atoms. The summed E-state index contributed by atoms with van der Waals surface area (Å²) in [6.45, 7) is 6.46. The lowest BCUT2D eigenvalue weighted by molar-refractivity contribution is -0.167. The summed E-state index contributed by atoms with van der Waals surface area (Å²) < 4.78 is 16.8. The first-order chi connectivity index (χ1) is 31.5. The maximum Gasteiger partial charge on any atom is 0.306 e. The van der Waals surface area contributed by atoms with Gasteiger partial charge in [-0.15, -0.1) is 0 Å². The SMILES string of the molecule is CC/C=C\C/C=C\C/C=C\C/C=C\C/C=C\CCCCCC(=O)OCC(COC(=O)CCCCCCCCCCCCC)OC(=O)CCCCC/C=C\C=C/CCCCCCCCC. The summed E-state index contributed by atoms with van der Waals surface area (Å²) >= 11 is 0. The van der Waals surface area contributed by atoms with E-state index < -0.39 is 6.10 Å². The Morgan fingerprint density at radius 3 is 1.06 bits per heavy atom. The van der Waals surface area contributed by atoms with Crippen LogP contribution in [0.3, 0.4) is 0 Å². The van der Waals surface area contributed by atoms with Crippen LogP contribution in [0.25, 0.3) is 0 Å². The highest BCUT2D eigenvalue weighted by molar-refractivity contribution is 5.71. The first-order valence-corrected chi connectivity index (χ1v) is 26.6. The van der Waals surface area contributed by atoms with Crippen LogP contribution < -0.4 is 0 Å². The fourth-order valence-corrected chi connectivity index (χ4v) is 7.16. The molecule has 0 saturated heterocycles. The van der Waals surface area contributed by atoms with E-state index >= 15 is 0 Å². The molecule has 366 valence electrons. The number of unbranched alkanes of at least 4 members (excludes halogenated alkanes) is 23. The van der Waals surface area contributed by atoms with Crippen molar-refractivity contribution in [1.29, 1.82) is 0 Å². The first-order valence-electron chi connectivity index (χ1n) is 26.6. The Morgan fingerprint density at radius 2 is 0.656 bits per heavy atom. The maximum absolute atomic E-state index is 12.8. The maximum atomic E-state index is 12.8. The lowest BCUT2D eigenvalue weighted by Gasteiger charge is -2.18. The smallest absolute Gasteiger partial charge is 0.306 e. The summed E-state index contributed by atoms with van der Waals surface area (Å²) in [5, 5.41) is 0. The third kappa shape index (κ3) is 49.6. The second-order valence-corrected chi connectivity index (χ2v) is 17.4. The summed E-state index contributed by atoms with van der Waals surface area (Å²) in [7, 11) is 0. The molecule has 0 spiro atoms. The van der Waals surface area contributed by atoms with Crippen molar-refractivity contribution in [2.24, 2.45) is 0 Å². The highest BCUT2D eigenvalue weighted by Gasteiger charge is 2.19. The van der Waals surface area contributed by atoms with Gasteiger partial charge in [0.1, 0.15) is 13.2 Å². The van der Waals surface area contributed by atoms with Gasteiger partial charge in [-0.25, -0.2) is 0 Å². The molecule has 0 aliphatic carbocycles. The average Bonchev–Trinajstić information content (AvgIpc) is 3.29. The van der Waals surface area contributed by atoms with E-state index in [9.17, 15) is 14.4 Å². The van der Waals surface area contributed by atoms with Crippen molar-refractivity contribution in [1.82, 2.24) is 0 Å². The van der Waals surface area contributed by atoms with Gasteiger partial charge in [0.2, 0.25) is 0 Å². The van der Waals surface area contributed by atoms with E-state index in [1.165, 1.54) is 96.3 Å². The molecule has 0 heterocycles. The highest BCUT2D eigenvalue weighted by Crippen LogP contribution is 2.14. The molecule has 1 atom stereocenters. The van der Waals surface area contributed by atoms with Crippen LogP contribution in [0.2, 0.25) is 0 Å². The summed E-state index contributed by atoms with van der Waals surface area (Å²) in [5.41, 5.74) is 0. The Balaban J connectivity index is 4.47. The Kier molecular flexibility index (Phi) is 49.4. The molecule has 0 aromatic carbocycles. The van der Waals surface area contributed by atoms with E-state index in [1.807, 2.05) is 0 Å². The zero-order valence-electron chi connectivity index (χ0n) is 41.8. The molecule has 0 N–H and O–H groups in total. The predicted octanol–water partition coefficient (Wildman–Crippen LogP) is 17.6. The third-order valence-electron chi connectivity index (χ3n) is 11.2. The van der Waals surface area contributed by atoms with Crippen molar-refractivity contribution in [3.8, 4) is 0 Å². The van der Waals surface area contributed by atoms with E-state index in [1.54, 1.807) is 0 Å². The minimum Gasteiger partial charge on any atom is -0.462 e. The van der Waals surface area contributed by atoms with Gasteiger partial charge in [0, 0.05) is 19.3 Å². The van der Waals surface area contributed by atoms with Gasteiger partial charge in [0.15, 0.2) is 6.10 Å². The van der Waals surface area contributed by atoms with Crippen LogP contribution >= 0.6 is 0 Å². The summed E-state index contributed by atoms with van der Waals surface area (Å²) in [5.74, 6) is -0.957. The van der Waals surface area contributed by atoms with Gasteiger partial charge in [-0.2, -0.15) is 0 Å². The fraction of sp³-hybridized carbons (Fsp3) is 0.707. The molecule has 6 heteroatoms. The molecule has 0 saturated carbocycles. The standard InChI is InChI=1S/C58H98O6/c1-4-7-10-13-16-19-22-24-26-28-29-30-32-33-36-39-42-45-48-51-57(60)63-54-55(53-62-56(59)50-47-44-41-38-35-21-18-15-12-9-6-3)64-58(61)52-49-46-43-40-37-34-31-27-25-23-20-17-14-11-8-5-2/h7,10,16,19,24,26-27,29-31,33-34,36-37,55H,4-6,8-9,11-15,17-18,20-23,25,28,32,35,38-54H2,1-3H3/b10-7-,19-16-,26-24-,30-29-,31-27-,36-33-,37-34-. The number of rotatable bonds is 47. The van der Waals surface area contributed by atoms with Gasteiger partial charge in [-0.05, 0) is 89.9 Å². The summed E-state index contributed by atoms with van der Waals surface area (Å²) in [6, 6.07) is 0. The molecule has 6 nitrogen and oxygen atoms in total. The number of ether oxygens (including phenoxy) is 3. The second kappa shape index (κ2) is 52.2. The monoisotopic (exact) mass is 891 g/mol. The molecule has 64 heavy (non-hydrogen) atoms. The van der Waals surface area contributed by atoms with Crippen molar-refractivity contribution in [2.45, 2.75) is 252 Å². The molecular weight excluding hydrogens is 793 g/mol. The van der Waals surface area contributed by atoms with E-state index in [2.05, 4.69) is 106 Å². The van der Waals surface area contributed by atoms with Crippen LogP contribution in [0.15, 0.2) is 85.1 Å². The zero-order chi connectivity index (χ0) is 46.5. The number of hydrogen-bond donors (Lipinski definition) is 0. The number of carbonyl (C=O) groups excluding carboxylic acids is 3. The first kappa shape index (κ1) is 60.6. The van der Waals surface area contributed by atoms with E-state index in [4.69, 9.17) is 14.2 Å². The quantitative estimate of drug-likeness (QED) is 0.0199. The topological polar surface area (TPSA) is 78.9 Å². The van der Waals surface area contributed by atoms with Crippen LogP contribution in [-0.2, 0) is 28.6 Å². The summed E-state index contributed by atoms with van der Waals surface area (Å²) in [6.07, 6.45) is 67.1. The van der Waals surface area contributed by atoms with Gasteiger partial charge < -0.3 is 14.2 Å². The number of esters is 3. The predicted molar refractivity (Wildman–Crippen MR) is 274 cm³/mol. The Hall–Kier alpha value is -3.41. The van der Waals surface area contributed by atoms with Crippen molar-refractivity contribution >= 4 is 17.9 Å². The largest absolute Gasteiger partial charge is 0.462 e. The van der Waals surface area contributed by atoms with Gasteiger partial charge in [-0.1, -0.05) is 221 Å². The molecule has 1 unspecified atom stereocenters. The molecule has 0 rings (SSSR count). The van der Waals surface area contributed by atoms with E-state index in [0.717, 1.165) is 109 Å². The average molecular weight is 891 g/mol. The number of hydrogen-bond acceptors (Lipinski definition) is 6. The normalized spacial score (nSPS) is 12.7. The van der Waals surface area contributed by atoms with Crippen LogP contribution in [0.4, 0.5) is 0 Å². The molecule has 0 amide bonds. The minimum atomic E-state index is -0.802. The Morgan fingerprint density at radius 1 is 0.344 bits per heavy atom. The van der Waals surface area contributed by atoms with Gasteiger partial charge in [0.05, 0.1) is 0 Å². The third-order valence-corrected chi connectivity index (χ3v) is 11.2. The van der Waals surface area contributed by atoms with Crippen LogP contribution in [0, 0.1) is 0 Å². The molecule has 0 aromatic heterocycles. The lowest BCUT2D eigenvalue weighted by Crippen LogP contribution is -2.30. The van der Waals surface area contributed by atoms with Crippen LogP contribution in [0.1, 0.15) is 245 Å². The molecule has 0 aliphatic rings. The van der Waals surface area contributed by atoms with Crippen molar-refractivity contribution in [3.63, 3.8) is 0 Å². The molecule has 0 fully saturated rings. The van der Waals surface area contributed by atoms with E-state index in [-0.39, 0.29) is 37.5 Å². The fourth-order valence-electron chi connectivity index (χ4n) is 7.16. The Bertz CT molecular complexity index is 1250. The molecular formula is C58H98O6. The van der Waals surface area contributed by atoms with Crippen molar-refractivity contribution < 1.29 is 28.6 Å². The number of carbonyl (C=O) groups is 3. The van der Waals surface area contributed by atoms with Crippen molar-refractivity contribution in [3.05, 3.63) is 85.1 Å². The highest BCUT2D eigenvalue weighted by atomic mass is 16.6. The van der Waals surface area contributed by atoms with Crippen LogP contribution in [0.5, 0.6) is 0 Å². The molecule has 0 radical (unpaired) electrons. The lowest BCUT2D eigenvalue weighted by atomic mass is 10.1. The van der Waals surface area contributed by atoms with Gasteiger partial charge in [-0.3, -0.25) is 14.4 Å². The minimum absolute atomic E-state index is 0.0968. The van der Waals surface area contributed by atoms with E-state index in [0.29, 0.717) is 12.8 Å². The number of allylic oxidation sites excluding steroid dienone is 14. The Labute approximate surface area is 395 Å². The van der Waals surface area contributed by atoms with Crippen molar-refractivity contribution in [2.75, 3.05) is 13.2 Å². The zero-order valence-corrected chi connectivity index (χ0v) is 41.8. The van der Waals surface area contributed by atoms with Gasteiger partial charge >= 0.3 is 17.9 Å². The molecule has 0 aliphatic heterocycles. The van der Waals surface area contributed by atoms with Gasteiger partial charge in [0.25, 0.3) is 0 Å². The van der Waals surface area contributed by atoms with Crippen LogP contribution in [-0.4, -0.2) is 37.2 Å². The molecule has 0 aromatic rings.